The molecular formula is C11H16BrN3O2. The number of halogens is 1. The predicted molar refractivity (Wildman–Crippen MR) is 70.7 cm³/mol. The zero-order valence-electron chi connectivity index (χ0n) is 9.87. The maximum absolute atomic E-state index is 11.6. The molecule has 1 unspecified atom stereocenters. The average molecular weight is 302 g/mol. The van der Waals surface area contributed by atoms with Gasteiger partial charge in [0.1, 0.15) is 6.54 Å². The molecule has 0 radical (unpaired) electrons. The highest BCUT2D eigenvalue weighted by molar-refractivity contribution is 9.10. The number of carbonyl (C=O) groups excluding carboxylic acids is 1. The highest BCUT2D eigenvalue weighted by Gasteiger charge is 2.08. The standard InChI is InChI=1S/C11H16BrN3O2/c1-3-7(2)14-10(16)6-15-4-8(12)11(17)9(13)5-15/h4-5,7H,3,6,13H2,1-2H3,(H,14,16). The molecule has 0 aromatic carbocycles. The Morgan fingerprint density at radius 3 is 2.76 bits per heavy atom. The lowest BCUT2D eigenvalue weighted by Crippen LogP contribution is -2.34. The number of anilines is 1. The number of pyridine rings is 1. The Labute approximate surface area is 108 Å². The molecule has 0 bridgehead atoms. The summed E-state index contributed by atoms with van der Waals surface area (Å²) in [6.07, 6.45) is 3.89. The highest BCUT2D eigenvalue weighted by atomic mass is 79.9. The third-order valence-electron chi connectivity index (χ3n) is 2.41. The van der Waals surface area contributed by atoms with Crippen LogP contribution in [0, 0.1) is 0 Å². The molecular weight excluding hydrogens is 286 g/mol. The van der Waals surface area contributed by atoms with Crippen LogP contribution in [-0.4, -0.2) is 16.5 Å². The monoisotopic (exact) mass is 301 g/mol. The van der Waals surface area contributed by atoms with Crippen LogP contribution in [0.4, 0.5) is 5.69 Å². The van der Waals surface area contributed by atoms with E-state index >= 15 is 0 Å². The third-order valence-corrected chi connectivity index (χ3v) is 2.97. The quantitative estimate of drug-likeness (QED) is 0.874. The number of nitrogens with zero attached hydrogens (tertiary/aromatic N) is 1. The Morgan fingerprint density at radius 2 is 2.24 bits per heavy atom. The van der Waals surface area contributed by atoms with E-state index in [1.807, 2.05) is 13.8 Å². The maximum Gasteiger partial charge on any atom is 0.240 e. The molecule has 0 fully saturated rings. The first-order valence-corrected chi connectivity index (χ1v) is 6.17. The lowest BCUT2D eigenvalue weighted by Gasteiger charge is -2.13. The fourth-order valence-corrected chi connectivity index (χ4v) is 1.79. The van der Waals surface area contributed by atoms with Crippen molar-refractivity contribution < 1.29 is 4.79 Å². The van der Waals surface area contributed by atoms with Gasteiger partial charge in [-0.3, -0.25) is 9.59 Å². The summed E-state index contributed by atoms with van der Waals surface area (Å²) in [5.41, 5.74) is 5.39. The summed E-state index contributed by atoms with van der Waals surface area (Å²) in [4.78, 5) is 23.0. The van der Waals surface area contributed by atoms with E-state index in [0.717, 1.165) is 6.42 Å². The highest BCUT2D eigenvalue weighted by Crippen LogP contribution is 2.06. The predicted octanol–water partition coefficient (Wildman–Crippen LogP) is 1.11. The first-order chi connectivity index (χ1) is 7.93. The molecule has 0 saturated carbocycles. The Balaban J connectivity index is 2.76. The lowest BCUT2D eigenvalue weighted by molar-refractivity contribution is -0.122. The molecule has 94 valence electrons. The lowest BCUT2D eigenvalue weighted by atomic mass is 10.2. The summed E-state index contributed by atoms with van der Waals surface area (Å²) in [5, 5.41) is 2.84. The Kier molecular flexibility index (Phi) is 4.74. The van der Waals surface area contributed by atoms with Crippen LogP contribution in [0.2, 0.25) is 0 Å². The smallest absolute Gasteiger partial charge is 0.240 e. The number of carbonyl (C=O) groups is 1. The van der Waals surface area contributed by atoms with E-state index in [1.165, 1.54) is 6.20 Å². The van der Waals surface area contributed by atoms with Crippen LogP contribution in [0.3, 0.4) is 0 Å². The van der Waals surface area contributed by atoms with E-state index in [0.29, 0.717) is 4.47 Å². The van der Waals surface area contributed by atoms with Crippen molar-refractivity contribution in [1.29, 1.82) is 0 Å². The molecule has 17 heavy (non-hydrogen) atoms. The largest absolute Gasteiger partial charge is 0.394 e. The molecule has 5 nitrogen and oxygen atoms in total. The van der Waals surface area contributed by atoms with Crippen molar-refractivity contribution in [2.75, 3.05) is 5.73 Å². The van der Waals surface area contributed by atoms with Crippen LogP contribution < -0.4 is 16.5 Å². The first kappa shape index (κ1) is 13.8. The van der Waals surface area contributed by atoms with Crippen LogP contribution in [0.5, 0.6) is 0 Å². The van der Waals surface area contributed by atoms with Crippen LogP contribution in [0.15, 0.2) is 21.7 Å². The van der Waals surface area contributed by atoms with Gasteiger partial charge in [-0.25, -0.2) is 0 Å². The number of nitrogen functional groups attached to an aromatic ring is 1. The van der Waals surface area contributed by atoms with E-state index in [2.05, 4.69) is 21.2 Å². The SMILES string of the molecule is CCC(C)NC(=O)Cn1cc(N)c(=O)c(Br)c1. The van der Waals surface area contributed by atoms with Crippen molar-refractivity contribution >= 4 is 27.5 Å². The first-order valence-electron chi connectivity index (χ1n) is 5.38. The van der Waals surface area contributed by atoms with Gasteiger partial charge in [0.2, 0.25) is 11.3 Å². The van der Waals surface area contributed by atoms with Gasteiger partial charge in [0.15, 0.2) is 0 Å². The molecule has 1 amide bonds. The van der Waals surface area contributed by atoms with E-state index in [1.54, 1.807) is 10.8 Å². The minimum Gasteiger partial charge on any atom is -0.394 e. The van der Waals surface area contributed by atoms with E-state index in [9.17, 15) is 9.59 Å². The number of nitrogens with one attached hydrogen (secondary N) is 1. The molecule has 1 heterocycles. The molecule has 0 aliphatic heterocycles. The third kappa shape index (κ3) is 3.89. The van der Waals surface area contributed by atoms with Crippen LogP contribution >= 0.6 is 15.9 Å². The van der Waals surface area contributed by atoms with E-state index in [-0.39, 0.29) is 29.6 Å². The summed E-state index contributed by atoms with van der Waals surface area (Å²) >= 11 is 3.11. The molecule has 1 aromatic rings. The van der Waals surface area contributed by atoms with E-state index < -0.39 is 0 Å². The van der Waals surface area contributed by atoms with Gasteiger partial charge in [-0.2, -0.15) is 0 Å². The van der Waals surface area contributed by atoms with Gasteiger partial charge in [0.25, 0.3) is 0 Å². The number of hydrogen-bond donors (Lipinski definition) is 2. The number of rotatable bonds is 4. The second-order valence-electron chi connectivity index (χ2n) is 3.94. The van der Waals surface area contributed by atoms with Crippen molar-refractivity contribution in [3.05, 3.63) is 27.1 Å². The van der Waals surface area contributed by atoms with Gasteiger partial charge < -0.3 is 15.6 Å². The van der Waals surface area contributed by atoms with Crippen LogP contribution in [0.1, 0.15) is 20.3 Å². The van der Waals surface area contributed by atoms with Crippen molar-refractivity contribution in [2.45, 2.75) is 32.9 Å². The van der Waals surface area contributed by atoms with Crippen molar-refractivity contribution in [2.24, 2.45) is 0 Å². The molecule has 1 atom stereocenters. The second-order valence-corrected chi connectivity index (χ2v) is 4.79. The van der Waals surface area contributed by atoms with Crippen molar-refractivity contribution in [1.82, 2.24) is 9.88 Å². The normalized spacial score (nSPS) is 12.2. The van der Waals surface area contributed by atoms with Gasteiger partial charge in [-0.05, 0) is 29.3 Å². The molecule has 1 aromatic heterocycles. The molecule has 0 aliphatic rings. The summed E-state index contributed by atoms with van der Waals surface area (Å²) in [6.45, 7) is 4.08. The number of aromatic nitrogens is 1. The van der Waals surface area contributed by atoms with Gasteiger partial charge >= 0.3 is 0 Å². The molecule has 0 spiro atoms. The number of hydrogen-bond acceptors (Lipinski definition) is 3. The average Bonchev–Trinajstić information content (AvgIpc) is 2.25. The Bertz CT molecular complexity index is 444. The number of amides is 1. The molecule has 0 saturated heterocycles. The van der Waals surface area contributed by atoms with Crippen molar-refractivity contribution in [3.8, 4) is 0 Å². The van der Waals surface area contributed by atoms with Crippen LogP contribution in [-0.2, 0) is 11.3 Å². The minimum absolute atomic E-state index is 0.103. The summed E-state index contributed by atoms with van der Waals surface area (Å²) in [5.74, 6) is -0.103. The van der Waals surface area contributed by atoms with Gasteiger partial charge in [0, 0.05) is 18.4 Å². The minimum atomic E-state index is -0.261. The van der Waals surface area contributed by atoms with Gasteiger partial charge in [0.05, 0.1) is 10.2 Å². The van der Waals surface area contributed by atoms with Gasteiger partial charge in [-0.1, -0.05) is 6.92 Å². The fourth-order valence-electron chi connectivity index (χ4n) is 1.30. The maximum atomic E-state index is 11.6. The summed E-state index contributed by atoms with van der Waals surface area (Å²) in [7, 11) is 0. The molecule has 6 heteroatoms. The Morgan fingerprint density at radius 1 is 1.59 bits per heavy atom. The molecule has 1 rings (SSSR count). The topological polar surface area (TPSA) is 77.1 Å². The van der Waals surface area contributed by atoms with E-state index in [4.69, 9.17) is 5.73 Å². The number of nitrogens with two attached hydrogens (primary N) is 1. The summed E-state index contributed by atoms with van der Waals surface area (Å²) < 4.78 is 1.94. The molecule has 0 aliphatic carbocycles. The fraction of sp³-hybridized carbons (Fsp3) is 0.455. The van der Waals surface area contributed by atoms with Crippen LogP contribution in [0.25, 0.3) is 0 Å². The zero-order chi connectivity index (χ0) is 13.0. The van der Waals surface area contributed by atoms with Crippen molar-refractivity contribution in [3.63, 3.8) is 0 Å². The zero-order valence-corrected chi connectivity index (χ0v) is 11.5. The van der Waals surface area contributed by atoms with Gasteiger partial charge in [-0.15, -0.1) is 0 Å². The molecule has 3 N–H and O–H groups in total. The Hall–Kier alpha value is -1.30. The second kappa shape index (κ2) is 5.86. The summed E-state index contributed by atoms with van der Waals surface area (Å²) in [6, 6.07) is 0.141.